The van der Waals surface area contributed by atoms with Crippen LogP contribution < -0.4 is 0 Å². The zero-order chi connectivity index (χ0) is 16.1. The van der Waals surface area contributed by atoms with Crippen LogP contribution in [0.4, 0.5) is 4.79 Å². The van der Waals surface area contributed by atoms with Crippen LogP contribution in [0.5, 0.6) is 0 Å². The van der Waals surface area contributed by atoms with Crippen molar-refractivity contribution >= 4 is 12.1 Å². The lowest BCUT2D eigenvalue weighted by Crippen LogP contribution is -2.51. The van der Waals surface area contributed by atoms with Crippen LogP contribution in [0.3, 0.4) is 0 Å². The van der Waals surface area contributed by atoms with Crippen LogP contribution in [0, 0.1) is 5.41 Å². The van der Waals surface area contributed by atoms with Crippen molar-refractivity contribution in [3.05, 3.63) is 12.7 Å². The number of piperidine rings is 1. The Balaban J connectivity index is 2.85. The van der Waals surface area contributed by atoms with Gasteiger partial charge in [0.25, 0.3) is 0 Å². The fraction of sp³-hybridized carbons (Fsp3) is 0.750. The number of esters is 1. The van der Waals surface area contributed by atoms with Crippen molar-refractivity contribution in [2.24, 2.45) is 5.41 Å². The summed E-state index contributed by atoms with van der Waals surface area (Å²) in [5.41, 5.74) is -1.23. The number of ether oxygens (including phenoxy) is 2. The van der Waals surface area contributed by atoms with Gasteiger partial charge in [-0.05, 0) is 47.0 Å². The SMILES string of the molecule is C=CC[C@@]1(C(=O)OCC)CCCN(C(=O)OC(C)(C)C)C1. The summed E-state index contributed by atoms with van der Waals surface area (Å²) >= 11 is 0. The molecular weight excluding hydrogens is 270 g/mol. The Morgan fingerprint density at radius 3 is 2.57 bits per heavy atom. The van der Waals surface area contributed by atoms with Crippen LogP contribution in [0.25, 0.3) is 0 Å². The van der Waals surface area contributed by atoms with Gasteiger partial charge in [-0.3, -0.25) is 4.79 Å². The fourth-order valence-corrected chi connectivity index (χ4v) is 2.59. The van der Waals surface area contributed by atoms with E-state index in [0.717, 1.165) is 6.42 Å². The number of carbonyl (C=O) groups excluding carboxylic acids is 2. The molecule has 1 rings (SSSR count). The molecule has 0 spiro atoms. The van der Waals surface area contributed by atoms with Crippen molar-refractivity contribution < 1.29 is 19.1 Å². The van der Waals surface area contributed by atoms with Gasteiger partial charge in [-0.15, -0.1) is 6.58 Å². The van der Waals surface area contributed by atoms with Crippen molar-refractivity contribution in [1.29, 1.82) is 0 Å². The van der Waals surface area contributed by atoms with Crippen LogP contribution in [0.2, 0.25) is 0 Å². The van der Waals surface area contributed by atoms with Crippen LogP contribution in [-0.2, 0) is 14.3 Å². The number of carbonyl (C=O) groups is 2. The molecule has 0 aliphatic carbocycles. The van der Waals surface area contributed by atoms with E-state index in [9.17, 15) is 9.59 Å². The number of hydrogen-bond acceptors (Lipinski definition) is 4. The second kappa shape index (κ2) is 6.96. The molecule has 5 heteroatoms. The molecule has 1 atom stereocenters. The van der Waals surface area contributed by atoms with Gasteiger partial charge in [0, 0.05) is 13.1 Å². The maximum Gasteiger partial charge on any atom is 0.410 e. The molecule has 0 unspecified atom stereocenters. The first-order valence-corrected chi connectivity index (χ1v) is 7.50. The van der Waals surface area contributed by atoms with Crippen molar-refractivity contribution in [2.75, 3.05) is 19.7 Å². The summed E-state index contributed by atoms with van der Waals surface area (Å²) in [7, 11) is 0. The Hall–Kier alpha value is -1.52. The molecule has 1 aliphatic heterocycles. The third-order valence-corrected chi connectivity index (χ3v) is 3.47. The number of likely N-dealkylation sites (tertiary alicyclic amines) is 1. The average molecular weight is 297 g/mol. The zero-order valence-corrected chi connectivity index (χ0v) is 13.6. The molecule has 1 fully saturated rings. The highest BCUT2D eigenvalue weighted by Gasteiger charge is 2.44. The topological polar surface area (TPSA) is 55.8 Å². The van der Waals surface area contributed by atoms with E-state index in [0.29, 0.717) is 32.5 Å². The van der Waals surface area contributed by atoms with Gasteiger partial charge in [-0.1, -0.05) is 6.08 Å². The minimum Gasteiger partial charge on any atom is -0.466 e. The van der Waals surface area contributed by atoms with Crippen LogP contribution >= 0.6 is 0 Å². The molecule has 0 aromatic carbocycles. The Labute approximate surface area is 127 Å². The molecule has 1 heterocycles. The summed E-state index contributed by atoms with van der Waals surface area (Å²) in [6, 6.07) is 0. The lowest BCUT2D eigenvalue weighted by atomic mass is 9.77. The van der Waals surface area contributed by atoms with E-state index < -0.39 is 11.0 Å². The molecule has 120 valence electrons. The number of rotatable bonds is 4. The van der Waals surface area contributed by atoms with Gasteiger partial charge in [0.2, 0.25) is 0 Å². The van der Waals surface area contributed by atoms with E-state index in [1.54, 1.807) is 17.9 Å². The average Bonchev–Trinajstić information content (AvgIpc) is 2.37. The largest absolute Gasteiger partial charge is 0.466 e. The Bertz CT molecular complexity index is 400. The molecule has 0 N–H and O–H groups in total. The maximum atomic E-state index is 12.3. The Morgan fingerprint density at radius 2 is 2.05 bits per heavy atom. The van der Waals surface area contributed by atoms with E-state index in [4.69, 9.17) is 9.47 Å². The van der Waals surface area contributed by atoms with Crippen molar-refractivity contribution in [3.8, 4) is 0 Å². The predicted molar refractivity (Wildman–Crippen MR) is 80.9 cm³/mol. The highest BCUT2D eigenvalue weighted by molar-refractivity contribution is 5.79. The third kappa shape index (κ3) is 4.76. The standard InChI is InChI=1S/C16H27NO4/c1-6-9-16(13(18)20-7-2)10-8-11-17(12-16)14(19)21-15(3,4)5/h6H,1,7-12H2,2-5H3/t16-/m1/s1. The highest BCUT2D eigenvalue weighted by Crippen LogP contribution is 2.36. The quantitative estimate of drug-likeness (QED) is 0.591. The van der Waals surface area contributed by atoms with E-state index >= 15 is 0 Å². The molecular formula is C16H27NO4. The maximum absolute atomic E-state index is 12.3. The lowest BCUT2D eigenvalue weighted by Gasteiger charge is -2.40. The molecule has 0 aromatic heterocycles. The minimum atomic E-state index is -0.688. The van der Waals surface area contributed by atoms with Crippen molar-refractivity contribution in [3.63, 3.8) is 0 Å². The second-order valence-corrected chi connectivity index (χ2v) is 6.50. The van der Waals surface area contributed by atoms with Crippen LogP contribution in [0.15, 0.2) is 12.7 Å². The van der Waals surface area contributed by atoms with Crippen molar-refractivity contribution in [1.82, 2.24) is 4.90 Å². The van der Waals surface area contributed by atoms with Crippen LogP contribution in [0.1, 0.15) is 47.0 Å². The highest BCUT2D eigenvalue weighted by atomic mass is 16.6. The summed E-state index contributed by atoms with van der Waals surface area (Å²) < 4.78 is 10.6. The monoisotopic (exact) mass is 297 g/mol. The smallest absolute Gasteiger partial charge is 0.410 e. The van der Waals surface area contributed by atoms with E-state index in [1.807, 2.05) is 20.8 Å². The summed E-state index contributed by atoms with van der Waals surface area (Å²) in [6.45, 7) is 12.3. The molecule has 0 aromatic rings. The number of nitrogens with zero attached hydrogens (tertiary/aromatic N) is 1. The molecule has 0 saturated carbocycles. The third-order valence-electron chi connectivity index (χ3n) is 3.47. The first kappa shape index (κ1) is 17.5. The van der Waals surface area contributed by atoms with E-state index in [-0.39, 0.29) is 12.1 Å². The molecule has 0 radical (unpaired) electrons. The zero-order valence-electron chi connectivity index (χ0n) is 13.6. The number of hydrogen-bond donors (Lipinski definition) is 0. The van der Waals surface area contributed by atoms with Gasteiger partial charge in [-0.2, -0.15) is 0 Å². The normalized spacial score (nSPS) is 22.6. The molecule has 1 amide bonds. The Kier molecular flexibility index (Phi) is 5.81. The number of amides is 1. The summed E-state index contributed by atoms with van der Waals surface area (Å²) in [5, 5.41) is 0. The summed E-state index contributed by atoms with van der Waals surface area (Å²) in [6.07, 6.45) is 3.31. The van der Waals surface area contributed by atoms with Crippen molar-refractivity contribution in [2.45, 2.75) is 52.6 Å². The van der Waals surface area contributed by atoms with E-state index in [2.05, 4.69) is 6.58 Å². The Morgan fingerprint density at radius 1 is 1.38 bits per heavy atom. The summed E-state index contributed by atoms with van der Waals surface area (Å²) in [5.74, 6) is -0.252. The van der Waals surface area contributed by atoms with E-state index in [1.165, 1.54) is 0 Å². The van der Waals surface area contributed by atoms with Gasteiger partial charge in [0.1, 0.15) is 5.60 Å². The number of allylic oxidation sites excluding steroid dienone is 1. The lowest BCUT2D eigenvalue weighted by molar-refractivity contribution is -0.158. The first-order chi connectivity index (χ1) is 9.74. The fourth-order valence-electron chi connectivity index (χ4n) is 2.59. The second-order valence-electron chi connectivity index (χ2n) is 6.50. The van der Waals surface area contributed by atoms with Gasteiger partial charge in [0.05, 0.1) is 12.0 Å². The molecule has 5 nitrogen and oxygen atoms in total. The predicted octanol–water partition coefficient (Wildman–Crippen LogP) is 3.14. The van der Waals surface area contributed by atoms with Crippen LogP contribution in [-0.4, -0.2) is 42.3 Å². The molecule has 21 heavy (non-hydrogen) atoms. The van der Waals surface area contributed by atoms with Gasteiger partial charge >= 0.3 is 12.1 Å². The molecule has 1 saturated heterocycles. The molecule has 1 aliphatic rings. The summed E-state index contributed by atoms with van der Waals surface area (Å²) in [4.78, 5) is 26.1. The molecule has 0 bridgehead atoms. The van der Waals surface area contributed by atoms with Gasteiger partial charge in [-0.25, -0.2) is 4.79 Å². The minimum absolute atomic E-state index is 0.252. The van der Waals surface area contributed by atoms with Gasteiger partial charge < -0.3 is 14.4 Å². The first-order valence-electron chi connectivity index (χ1n) is 7.50. The van der Waals surface area contributed by atoms with Gasteiger partial charge in [0.15, 0.2) is 0 Å².